The molecule has 0 fully saturated rings. The van der Waals surface area contributed by atoms with Crippen molar-refractivity contribution in [2.75, 3.05) is 5.32 Å². The summed E-state index contributed by atoms with van der Waals surface area (Å²) in [6, 6.07) is 1.84. The fourth-order valence-corrected chi connectivity index (χ4v) is 1.50. The van der Waals surface area contributed by atoms with Crippen molar-refractivity contribution in [3.63, 3.8) is 0 Å². The molecule has 0 saturated heterocycles. The summed E-state index contributed by atoms with van der Waals surface area (Å²) < 4.78 is 25.6. The molecule has 1 unspecified atom stereocenters. The second-order valence-electron chi connectivity index (χ2n) is 3.77. The fraction of sp³-hybridized carbons (Fsp3) is 0.364. The zero-order valence-corrected chi connectivity index (χ0v) is 9.97. The van der Waals surface area contributed by atoms with Gasteiger partial charge in [-0.3, -0.25) is 10.1 Å². The van der Waals surface area contributed by atoms with Gasteiger partial charge in [-0.2, -0.15) is 0 Å². The lowest BCUT2D eigenvalue weighted by Gasteiger charge is -2.16. The Morgan fingerprint density at radius 2 is 2.16 bits per heavy atom. The van der Waals surface area contributed by atoms with Crippen molar-refractivity contribution >= 4 is 17.3 Å². The molecule has 0 amide bonds. The first kappa shape index (κ1) is 14.8. The number of halogens is 2. The molecule has 0 bridgehead atoms. The first-order valence-electron chi connectivity index (χ1n) is 5.42. The van der Waals surface area contributed by atoms with Crippen LogP contribution < -0.4 is 5.32 Å². The minimum Gasteiger partial charge on any atom is -0.480 e. The molecule has 0 aromatic heterocycles. The van der Waals surface area contributed by atoms with E-state index in [0.717, 1.165) is 18.2 Å². The van der Waals surface area contributed by atoms with Crippen LogP contribution in [-0.2, 0) is 4.79 Å². The third-order valence-electron chi connectivity index (χ3n) is 2.52. The highest BCUT2D eigenvalue weighted by Crippen LogP contribution is 2.31. The predicted octanol–water partition coefficient (Wildman–Crippen LogP) is 2.81. The molecule has 8 heteroatoms. The number of nitro groups is 1. The lowest BCUT2D eigenvalue weighted by atomic mass is 10.1. The van der Waals surface area contributed by atoms with Gasteiger partial charge in [0.2, 0.25) is 0 Å². The van der Waals surface area contributed by atoms with E-state index >= 15 is 0 Å². The van der Waals surface area contributed by atoms with Gasteiger partial charge in [-0.05, 0) is 12.5 Å². The Morgan fingerprint density at radius 3 is 2.58 bits per heavy atom. The Balaban J connectivity index is 3.13. The topological polar surface area (TPSA) is 92.5 Å². The average Bonchev–Trinajstić information content (AvgIpc) is 2.35. The summed E-state index contributed by atoms with van der Waals surface area (Å²) in [6.45, 7) is 1.58. The predicted molar refractivity (Wildman–Crippen MR) is 63.4 cm³/mol. The summed E-state index contributed by atoms with van der Waals surface area (Å²) >= 11 is 0. The van der Waals surface area contributed by atoms with E-state index in [1.807, 2.05) is 0 Å². The summed E-state index contributed by atoms with van der Waals surface area (Å²) in [7, 11) is 0. The van der Waals surface area contributed by atoms with Crippen LogP contribution in [0.5, 0.6) is 0 Å². The number of alkyl halides is 2. The number of rotatable bonds is 6. The number of carboxylic acid groups (broad SMARTS) is 1. The molecule has 0 aliphatic heterocycles. The van der Waals surface area contributed by atoms with Gasteiger partial charge in [-0.15, -0.1) is 0 Å². The summed E-state index contributed by atoms with van der Waals surface area (Å²) in [5.74, 6) is -1.18. The molecular weight excluding hydrogens is 262 g/mol. The van der Waals surface area contributed by atoms with Crippen LogP contribution >= 0.6 is 0 Å². The number of benzene rings is 1. The van der Waals surface area contributed by atoms with E-state index in [1.54, 1.807) is 6.92 Å². The Kier molecular flexibility index (Phi) is 4.74. The molecule has 0 radical (unpaired) electrons. The van der Waals surface area contributed by atoms with Gasteiger partial charge in [0.05, 0.1) is 4.92 Å². The second-order valence-corrected chi connectivity index (χ2v) is 3.77. The van der Waals surface area contributed by atoms with Gasteiger partial charge in [0.25, 0.3) is 12.1 Å². The van der Waals surface area contributed by atoms with E-state index < -0.39 is 34.6 Å². The molecule has 1 aromatic rings. The van der Waals surface area contributed by atoms with E-state index in [2.05, 4.69) is 5.32 Å². The van der Waals surface area contributed by atoms with Gasteiger partial charge in [0.1, 0.15) is 6.04 Å². The molecule has 6 nitrogen and oxygen atoms in total. The van der Waals surface area contributed by atoms with Crippen molar-refractivity contribution in [3.8, 4) is 0 Å². The highest BCUT2D eigenvalue weighted by atomic mass is 19.3. The summed E-state index contributed by atoms with van der Waals surface area (Å²) in [6.07, 6.45) is -2.75. The van der Waals surface area contributed by atoms with Crippen molar-refractivity contribution in [3.05, 3.63) is 33.9 Å². The van der Waals surface area contributed by atoms with Crippen molar-refractivity contribution in [1.82, 2.24) is 0 Å². The number of nitrogens with zero attached hydrogens (tertiary/aromatic N) is 1. The van der Waals surface area contributed by atoms with Crippen LogP contribution in [0.25, 0.3) is 0 Å². The van der Waals surface area contributed by atoms with E-state index in [1.165, 1.54) is 0 Å². The first-order valence-corrected chi connectivity index (χ1v) is 5.42. The van der Waals surface area contributed by atoms with Crippen LogP contribution in [0.1, 0.15) is 25.3 Å². The highest BCUT2D eigenvalue weighted by Gasteiger charge is 2.21. The molecule has 1 rings (SSSR count). The number of carbonyl (C=O) groups is 1. The van der Waals surface area contributed by atoms with Crippen LogP contribution in [0, 0.1) is 10.1 Å². The molecule has 0 saturated carbocycles. The summed E-state index contributed by atoms with van der Waals surface area (Å²) in [5, 5.41) is 21.8. The number of nitrogens with one attached hydrogen (secondary N) is 1. The number of aliphatic carboxylic acids is 1. The Morgan fingerprint density at radius 1 is 1.53 bits per heavy atom. The van der Waals surface area contributed by atoms with Crippen LogP contribution in [-0.4, -0.2) is 22.0 Å². The minimum absolute atomic E-state index is 0.116. The van der Waals surface area contributed by atoms with E-state index in [9.17, 15) is 23.7 Å². The minimum atomic E-state index is -2.94. The molecule has 1 atom stereocenters. The van der Waals surface area contributed by atoms with Gasteiger partial charge in [-0.1, -0.05) is 6.92 Å². The molecule has 0 heterocycles. The Hall–Kier alpha value is -2.25. The molecule has 0 aliphatic carbocycles. The van der Waals surface area contributed by atoms with Crippen molar-refractivity contribution < 1.29 is 23.6 Å². The van der Waals surface area contributed by atoms with E-state index in [4.69, 9.17) is 5.11 Å². The molecule has 0 spiro atoms. The summed E-state index contributed by atoms with van der Waals surface area (Å²) in [4.78, 5) is 20.6. The normalized spacial score (nSPS) is 12.2. The van der Waals surface area contributed by atoms with Crippen molar-refractivity contribution in [2.45, 2.75) is 25.8 Å². The quantitative estimate of drug-likeness (QED) is 0.614. The number of non-ortho nitro benzene ring substituents is 1. The van der Waals surface area contributed by atoms with Gasteiger partial charge >= 0.3 is 5.97 Å². The monoisotopic (exact) mass is 274 g/mol. The van der Waals surface area contributed by atoms with Crippen LogP contribution in [0.2, 0.25) is 0 Å². The molecule has 19 heavy (non-hydrogen) atoms. The lowest BCUT2D eigenvalue weighted by Crippen LogP contribution is -2.28. The van der Waals surface area contributed by atoms with Gasteiger partial charge in [0.15, 0.2) is 0 Å². The van der Waals surface area contributed by atoms with E-state index in [-0.39, 0.29) is 12.1 Å². The van der Waals surface area contributed by atoms with Crippen LogP contribution in [0.4, 0.5) is 20.2 Å². The van der Waals surface area contributed by atoms with Crippen molar-refractivity contribution in [1.29, 1.82) is 0 Å². The maximum atomic E-state index is 12.8. The maximum absolute atomic E-state index is 12.8. The van der Waals surface area contributed by atoms with Crippen LogP contribution in [0.3, 0.4) is 0 Å². The smallest absolute Gasteiger partial charge is 0.326 e. The molecule has 104 valence electrons. The third-order valence-corrected chi connectivity index (χ3v) is 2.52. The molecule has 2 N–H and O–H groups in total. The Bertz CT molecular complexity index is 494. The number of anilines is 1. The number of carboxylic acids is 1. The SMILES string of the molecule is CCC(Nc1ccc([N+](=O)[O-])cc1C(F)F)C(=O)O. The second kappa shape index (κ2) is 6.07. The van der Waals surface area contributed by atoms with Crippen LogP contribution in [0.15, 0.2) is 18.2 Å². The molecule has 0 aliphatic rings. The fourth-order valence-electron chi connectivity index (χ4n) is 1.50. The lowest BCUT2D eigenvalue weighted by molar-refractivity contribution is -0.385. The number of hydrogen-bond acceptors (Lipinski definition) is 4. The zero-order chi connectivity index (χ0) is 14.6. The third kappa shape index (κ3) is 3.60. The maximum Gasteiger partial charge on any atom is 0.326 e. The zero-order valence-electron chi connectivity index (χ0n) is 9.97. The number of nitro benzene ring substituents is 1. The standard InChI is InChI=1S/C11H12F2N2O4/c1-2-8(11(16)17)14-9-4-3-6(15(18)19)5-7(9)10(12)13/h3-5,8,10,14H,2H2,1H3,(H,16,17). The number of hydrogen-bond donors (Lipinski definition) is 2. The Labute approximate surface area is 107 Å². The van der Waals surface area contributed by atoms with Gasteiger partial charge in [0, 0.05) is 23.4 Å². The van der Waals surface area contributed by atoms with Gasteiger partial charge < -0.3 is 10.4 Å². The average molecular weight is 274 g/mol. The highest BCUT2D eigenvalue weighted by molar-refractivity contribution is 5.78. The molecule has 1 aromatic carbocycles. The first-order chi connectivity index (χ1) is 8.86. The van der Waals surface area contributed by atoms with Crippen molar-refractivity contribution in [2.24, 2.45) is 0 Å². The van der Waals surface area contributed by atoms with E-state index in [0.29, 0.717) is 0 Å². The van der Waals surface area contributed by atoms with Gasteiger partial charge in [-0.25, -0.2) is 13.6 Å². The largest absolute Gasteiger partial charge is 0.480 e. The molecular formula is C11H12F2N2O4. The summed E-state index contributed by atoms with van der Waals surface area (Å²) in [5.41, 5.74) is -1.17.